The topological polar surface area (TPSA) is 146 Å². The minimum Gasteiger partial charge on any atom is -0.376 e. The third kappa shape index (κ3) is 10.5. The van der Waals surface area contributed by atoms with Crippen LogP contribution in [0, 0.1) is 6.92 Å². The highest BCUT2D eigenvalue weighted by Crippen LogP contribution is 2.09. The third-order valence-electron chi connectivity index (χ3n) is 5.67. The van der Waals surface area contributed by atoms with Crippen LogP contribution in [0.15, 0.2) is 30.3 Å². The van der Waals surface area contributed by atoms with Crippen LogP contribution < -0.4 is 21.3 Å². The van der Waals surface area contributed by atoms with Gasteiger partial charge < -0.3 is 26.0 Å². The van der Waals surface area contributed by atoms with Crippen molar-refractivity contribution in [2.75, 3.05) is 39.3 Å². The van der Waals surface area contributed by atoms with Gasteiger partial charge in [0.2, 0.25) is 23.6 Å². The molecule has 1 fully saturated rings. The van der Waals surface area contributed by atoms with Crippen LogP contribution >= 0.6 is 0 Å². The van der Waals surface area contributed by atoms with Crippen molar-refractivity contribution < 1.29 is 28.7 Å². The van der Waals surface area contributed by atoms with Gasteiger partial charge in [0.05, 0.1) is 38.4 Å². The van der Waals surface area contributed by atoms with Gasteiger partial charge in [-0.05, 0) is 32.3 Å². The Morgan fingerprint density at radius 2 is 1.67 bits per heavy atom. The van der Waals surface area contributed by atoms with Gasteiger partial charge in [-0.25, -0.2) is 0 Å². The Labute approximate surface area is 211 Å². The van der Waals surface area contributed by atoms with Gasteiger partial charge in [0, 0.05) is 20.0 Å². The zero-order chi connectivity index (χ0) is 26.5. The summed E-state index contributed by atoms with van der Waals surface area (Å²) in [6.07, 6.45) is 0.950. The van der Waals surface area contributed by atoms with Crippen molar-refractivity contribution in [1.82, 2.24) is 26.2 Å². The van der Waals surface area contributed by atoms with E-state index in [9.17, 15) is 24.0 Å². The molecule has 0 spiro atoms. The van der Waals surface area contributed by atoms with Gasteiger partial charge in [0.25, 0.3) is 0 Å². The first-order valence-electron chi connectivity index (χ1n) is 12.0. The Morgan fingerprint density at radius 1 is 1.03 bits per heavy atom. The second kappa shape index (κ2) is 14.9. The number of hydrogen-bond donors (Lipinski definition) is 4. The molecule has 1 heterocycles. The lowest BCUT2D eigenvalue weighted by Crippen LogP contribution is -2.51. The largest absolute Gasteiger partial charge is 0.376 e. The van der Waals surface area contributed by atoms with Crippen molar-refractivity contribution in [3.63, 3.8) is 0 Å². The van der Waals surface area contributed by atoms with Crippen LogP contribution in [0.2, 0.25) is 0 Å². The van der Waals surface area contributed by atoms with Crippen LogP contribution in [0.1, 0.15) is 25.8 Å². The van der Waals surface area contributed by atoms with E-state index < -0.39 is 29.8 Å². The number of hydrogen-bond acceptors (Lipinski definition) is 7. The van der Waals surface area contributed by atoms with Crippen molar-refractivity contribution in [1.29, 1.82) is 0 Å². The number of ketones is 1. The maximum absolute atomic E-state index is 12.5. The maximum Gasteiger partial charge on any atom is 0.243 e. The summed E-state index contributed by atoms with van der Waals surface area (Å²) >= 11 is 0. The molecular formula is C25H36N5O6. The van der Waals surface area contributed by atoms with Gasteiger partial charge in [-0.1, -0.05) is 30.3 Å². The van der Waals surface area contributed by atoms with Crippen LogP contribution in [-0.4, -0.2) is 91.8 Å². The van der Waals surface area contributed by atoms with Crippen molar-refractivity contribution in [2.24, 2.45) is 0 Å². The smallest absolute Gasteiger partial charge is 0.243 e. The van der Waals surface area contributed by atoms with Gasteiger partial charge in [-0.15, -0.1) is 0 Å². The summed E-state index contributed by atoms with van der Waals surface area (Å²) < 4.78 is 5.45. The van der Waals surface area contributed by atoms with Gasteiger partial charge >= 0.3 is 0 Å². The molecule has 1 aromatic carbocycles. The van der Waals surface area contributed by atoms with E-state index in [2.05, 4.69) is 28.2 Å². The lowest BCUT2D eigenvalue weighted by Gasteiger charge is -2.34. The molecule has 3 atom stereocenters. The molecule has 0 saturated carbocycles. The summed E-state index contributed by atoms with van der Waals surface area (Å²) in [5.74, 6) is -2.20. The van der Waals surface area contributed by atoms with Gasteiger partial charge in [0.15, 0.2) is 5.78 Å². The highest BCUT2D eigenvalue weighted by atomic mass is 16.5. The van der Waals surface area contributed by atoms with Crippen molar-refractivity contribution >= 4 is 29.4 Å². The van der Waals surface area contributed by atoms with Crippen molar-refractivity contribution in [3.8, 4) is 0 Å². The fourth-order valence-electron chi connectivity index (χ4n) is 3.70. The van der Waals surface area contributed by atoms with Crippen molar-refractivity contribution in [2.45, 2.75) is 44.9 Å². The molecule has 1 aliphatic rings. The Bertz CT molecular complexity index is 909. The summed E-state index contributed by atoms with van der Waals surface area (Å²) in [5, 5.41) is 9.93. The Morgan fingerprint density at radius 3 is 2.31 bits per heavy atom. The molecule has 11 heteroatoms. The number of nitrogens with one attached hydrogen (secondary N) is 4. The molecular weight excluding hydrogens is 466 g/mol. The van der Waals surface area contributed by atoms with Crippen LogP contribution in [0.3, 0.4) is 0 Å². The highest BCUT2D eigenvalue weighted by Gasteiger charge is 2.26. The van der Waals surface area contributed by atoms with Gasteiger partial charge in [0.1, 0.15) is 6.04 Å². The number of ether oxygens (including phenoxy) is 1. The molecule has 197 valence electrons. The van der Waals surface area contributed by atoms with Crippen LogP contribution in [0.25, 0.3) is 0 Å². The number of rotatable bonds is 13. The molecule has 2 rings (SSSR count). The molecule has 4 N–H and O–H groups in total. The Balaban J connectivity index is 1.68. The van der Waals surface area contributed by atoms with Crippen molar-refractivity contribution in [3.05, 3.63) is 42.8 Å². The Kier molecular flexibility index (Phi) is 12.0. The van der Waals surface area contributed by atoms with Crippen LogP contribution in [0.4, 0.5) is 0 Å². The number of amides is 4. The number of Topliss-reactive ketones (excluding diaryl/α,β-unsaturated/α-hetero) is 1. The first-order chi connectivity index (χ1) is 17.2. The molecule has 36 heavy (non-hydrogen) atoms. The first kappa shape index (κ1) is 28.9. The van der Waals surface area contributed by atoms with E-state index in [0.29, 0.717) is 32.5 Å². The number of morpholine rings is 1. The van der Waals surface area contributed by atoms with E-state index in [1.807, 2.05) is 42.2 Å². The first-order valence-corrected chi connectivity index (χ1v) is 12.0. The highest BCUT2D eigenvalue weighted by molar-refractivity contribution is 5.93. The summed E-state index contributed by atoms with van der Waals surface area (Å²) in [6, 6.07) is 8.13. The molecule has 1 saturated heterocycles. The lowest BCUT2D eigenvalue weighted by molar-refractivity contribution is -0.130. The average molecular weight is 503 g/mol. The molecule has 4 amide bonds. The third-order valence-corrected chi connectivity index (χ3v) is 5.67. The fourth-order valence-corrected chi connectivity index (χ4v) is 3.70. The van der Waals surface area contributed by atoms with E-state index in [1.165, 1.54) is 6.92 Å². The standard InChI is InChI=1S/C25H36N5O6/c1-17-16-30(11-12-36-17)18(2)22(32)13-26-23(33)14-27-24(34)15-28-25(35)21(29-19(3)31)10-9-20-7-5-4-6-8-20/h4-8,17-18,21H,2,9-16H2,1,3H3,(H,26,33)(H,27,34)(H,28,35)(H,29,31). The molecule has 1 aromatic rings. The van der Waals surface area contributed by atoms with Crippen LogP contribution in [-0.2, 0) is 35.1 Å². The van der Waals surface area contributed by atoms with E-state index in [-0.39, 0.29) is 37.4 Å². The molecule has 1 radical (unpaired) electrons. The van der Waals surface area contributed by atoms with Gasteiger partial charge in [-0.2, -0.15) is 0 Å². The normalized spacial score (nSPS) is 17.4. The SMILES string of the molecule is [CH2]C(C(=O)CNC(=O)CNC(=O)CNC(=O)C(CCc1ccccc1)NC(C)=O)N1CCOC(C)C1. The zero-order valence-electron chi connectivity index (χ0n) is 20.9. The minimum absolute atomic E-state index is 0.0125. The number of carbonyl (C=O) groups excluding carboxylic acids is 5. The molecule has 0 aliphatic carbocycles. The number of aryl methyl sites for hydroxylation is 1. The van der Waals surface area contributed by atoms with E-state index in [1.54, 1.807) is 0 Å². The Hall–Kier alpha value is -3.31. The predicted molar refractivity (Wildman–Crippen MR) is 133 cm³/mol. The minimum atomic E-state index is -0.796. The maximum atomic E-state index is 12.5. The second-order valence-electron chi connectivity index (χ2n) is 8.71. The van der Waals surface area contributed by atoms with E-state index >= 15 is 0 Å². The van der Waals surface area contributed by atoms with E-state index in [0.717, 1.165) is 5.56 Å². The quantitative estimate of drug-likeness (QED) is 0.270. The molecule has 3 unspecified atom stereocenters. The monoisotopic (exact) mass is 502 g/mol. The molecule has 0 aromatic heterocycles. The van der Waals surface area contributed by atoms with E-state index in [4.69, 9.17) is 4.74 Å². The number of carbonyl (C=O) groups is 5. The molecule has 11 nitrogen and oxygen atoms in total. The van der Waals surface area contributed by atoms with Gasteiger partial charge in [-0.3, -0.25) is 28.9 Å². The number of nitrogens with zero attached hydrogens (tertiary/aromatic N) is 1. The number of benzene rings is 1. The lowest BCUT2D eigenvalue weighted by atomic mass is 10.0. The summed E-state index contributed by atoms with van der Waals surface area (Å²) in [4.78, 5) is 62.3. The summed E-state index contributed by atoms with van der Waals surface area (Å²) in [5.41, 5.74) is 1.02. The summed E-state index contributed by atoms with van der Waals surface area (Å²) in [7, 11) is 0. The zero-order valence-corrected chi connectivity index (χ0v) is 20.9. The molecule has 0 bridgehead atoms. The average Bonchev–Trinajstić information content (AvgIpc) is 2.86. The second-order valence-corrected chi connectivity index (χ2v) is 8.71. The van der Waals surface area contributed by atoms with Crippen LogP contribution in [0.5, 0.6) is 0 Å². The molecule has 1 aliphatic heterocycles. The fraction of sp³-hybridized carbons (Fsp3) is 0.520. The summed E-state index contributed by atoms with van der Waals surface area (Å²) in [6.45, 7) is 7.91. The predicted octanol–water partition coefficient (Wildman–Crippen LogP) is -1.04.